The number of benzene rings is 1. The van der Waals surface area contributed by atoms with Gasteiger partial charge in [0.1, 0.15) is 16.9 Å². The molecule has 0 aliphatic carbocycles. The maximum absolute atomic E-state index is 12.6. The lowest BCUT2D eigenvalue weighted by Gasteiger charge is -2.10. The van der Waals surface area contributed by atoms with E-state index in [9.17, 15) is 19.7 Å². The second-order valence-electron chi connectivity index (χ2n) is 5.54. The number of para-hydroxylation sites is 1. The van der Waals surface area contributed by atoms with Crippen molar-refractivity contribution in [3.05, 3.63) is 79.9 Å². The summed E-state index contributed by atoms with van der Waals surface area (Å²) in [6, 6.07) is 9.05. The summed E-state index contributed by atoms with van der Waals surface area (Å²) in [5.74, 6) is -0.735. The molecule has 3 aromatic rings. The van der Waals surface area contributed by atoms with Gasteiger partial charge in [-0.3, -0.25) is 24.1 Å². The lowest BCUT2D eigenvalue weighted by Crippen LogP contribution is -2.25. The quantitative estimate of drug-likeness (QED) is 0.583. The van der Waals surface area contributed by atoms with Gasteiger partial charge >= 0.3 is 0 Å². The van der Waals surface area contributed by atoms with Gasteiger partial charge in [-0.15, -0.1) is 0 Å². The minimum absolute atomic E-state index is 0.00972. The van der Waals surface area contributed by atoms with E-state index in [1.807, 2.05) is 6.92 Å². The summed E-state index contributed by atoms with van der Waals surface area (Å²) in [6.07, 6.45) is 1.57. The number of hydrogen-bond donors (Lipinski definition) is 1. The molecule has 0 spiro atoms. The van der Waals surface area contributed by atoms with Crippen LogP contribution in [0.3, 0.4) is 0 Å². The highest BCUT2D eigenvalue weighted by atomic mass is 16.6. The number of fused-ring (bicyclic) bond motifs is 1. The third-order valence-electron chi connectivity index (χ3n) is 3.75. The maximum Gasteiger partial charge on any atom is 0.282 e. The molecule has 0 bridgehead atoms. The zero-order valence-corrected chi connectivity index (χ0v) is 13.5. The zero-order chi connectivity index (χ0) is 18.1. The first kappa shape index (κ1) is 16.3. The molecule has 1 amide bonds. The number of aromatic nitrogens is 2. The van der Waals surface area contributed by atoms with Crippen molar-refractivity contribution >= 4 is 22.9 Å². The van der Waals surface area contributed by atoms with Gasteiger partial charge in [0, 0.05) is 12.3 Å². The molecule has 0 saturated carbocycles. The minimum atomic E-state index is -0.735. The molecule has 0 atom stereocenters. The van der Waals surface area contributed by atoms with Crippen LogP contribution in [0.25, 0.3) is 5.65 Å². The molecule has 8 heteroatoms. The standard InChI is InChI=1S/C17H14N4O4/c1-10-7-8-20-14(9-10)18-11(2)15(17(20)23)19-16(22)12-5-3-4-6-13(12)21(24)25/h3-9H,1-2H3,(H,19,22). The number of nitro groups is 1. The van der Waals surface area contributed by atoms with Crippen LogP contribution in [-0.4, -0.2) is 20.2 Å². The van der Waals surface area contributed by atoms with E-state index in [1.54, 1.807) is 25.3 Å². The Kier molecular flexibility index (Phi) is 4.02. The fourth-order valence-corrected chi connectivity index (χ4v) is 2.50. The van der Waals surface area contributed by atoms with Crippen molar-refractivity contribution in [3.63, 3.8) is 0 Å². The number of nitrogens with zero attached hydrogens (tertiary/aromatic N) is 3. The second kappa shape index (κ2) is 6.16. The van der Waals surface area contributed by atoms with Crippen molar-refractivity contribution < 1.29 is 9.72 Å². The van der Waals surface area contributed by atoms with Gasteiger partial charge in [0.15, 0.2) is 0 Å². The van der Waals surface area contributed by atoms with Crippen LogP contribution in [0.4, 0.5) is 11.4 Å². The summed E-state index contributed by atoms with van der Waals surface area (Å²) < 4.78 is 1.31. The molecule has 126 valence electrons. The van der Waals surface area contributed by atoms with Crippen molar-refractivity contribution in [3.8, 4) is 0 Å². The van der Waals surface area contributed by atoms with Gasteiger partial charge in [0.05, 0.1) is 10.6 Å². The number of rotatable bonds is 3. The van der Waals surface area contributed by atoms with Gasteiger partial charge in [-0.2, -0.15) is 0 Å². The smallest absolute Gasteiger partial charge is 0.282 e. The molecule has 0 aliphatic rings. The number of anilines is 1. The molecule has 1 N–H and O–H groups in total. The number of pyridine rings is 1. The Labute approximate surface area is 141 Å². The van der Waals surface area contributed by atoms with Crippen LogP contribution < -0.4 is 10.9 Å². The van der Waals surface area contributed by atoms with Crippen LogP contribution in [0, 0.1) is 24.0 Å². The zero-order valence-electron chi connectivity index (χ0n) is 13.5. The molecule has 3 rings (SSSR count). The summed E-state index contributed by atoms with van der Waals surface area (Å²) in [7, 11) is 0. The van der Waals surface area contributed by atoms with Crippen LogP contribution in [0.2, 0.25) is 0 Å². The molecule has 0 fully saturated rings. The Morgan fingerprint density at radius 1 is 1.24 bits per heavy atom. The Morgan fingerprint density at radius 2 is 1.96 bits per heavy atom. The van der Waals surface area contributed by atoms with Crippen LogP contribution in [-0.2, 0) is 0 Å². The van der Waals surface area contributed by atoms with E-state index in [2.05, 4.69) is 10.3 Å². The molecular weight excluding hydrogens is 324 g/mol. The summed E-state index contributed by atoms with van der Waals surface area (Å²) in [4.78, 5) is 39.8. The van der Waals surface area contributed by atoms with Crippen molar-refractivity contribution in [2.24, 2.45) is 0 Å². The number of nitrogens with one attached hydrogen (secondary N) is 1. The topological polar surface area (TPSA) is 107 Å². The van der Waals surface area contributed by atoms with E-state index in [-0.39, 0.29) is 16.9 Å². The fraction of sp³-hybridized carbons (Fsp3) is 0.118. The summed E-state index contributed by atoms with van der Waals surface area (Å²) in [6.45, 7) is 3.48. The first-order chi connectivity index (χ1) is 11.9. The van der Waals surface area contributed by atoms with Crippen molar-refractivity contribution in [2.75, 3.05) is 5.32 Å². The molecule has 8 nitrogen and oxygen atoms in total. The highest BCUT2D eigenvalue weighted by Gasteiger charge is 2.21. The summed E-state index contributed by atoms with van der Waals surface area (Å²) in [5.41, 5.74) is 0.832. The lowest BCUT2D eigenvalue weighted by molar-refractivity contribution is -0.385. The number of aryl methyl sites for hydroxylation is 2. The van der Waals surface area contributed by atoms with Gasteiger partial charge in [-0.1, -0.05) is 12.1 Å². The highest BCUT2D eigenvalue weighted by Crippen LogP contribution is 2.19. The average Bonchev–Trinajstić information content (AvgIpc) is 2.58. The normalized spacial score (nSPS) is 10.6. The largest absolute Gasteiger partial charge is 0.316 e. The molecule has 2 heterocycles. The third kappa shape index (κ3) is 2.97. The molecule has 0 unspecified atom stereocenters. The fourth-order valence-electron chi connectivity index (χ4n) is 2.50. The lowest BCUT2D eigenvalue weighted by atomic mass is 10.1. The predicted molar refractivity (Wildman–Crippen MR) is 92.0 cm³/mol. The van der Waals surface area contributed by atoms with E-state index in [0.717, 1.165) is 5.56 Å². The van der Waals surface area contributed by atoms with E-state index >= 15 is 0 Å². The molecule has 25 heavy (non-hydrogen) atoms. The maximum atomic E-state index is 12.6. The predicted octanol–water partition coefficient (Wildman–Crippen LogP) is 2.47. The molecule has 0 aliphatic heterocycles. The molecule has 1 aromatic carbocycles. The summed E-state index contributed by atoms with van der Waals surface area (Å²) >= 11 is 0. The van der Waals surface area contributed by atoms with Crippen LogP contribution in [0.5, 0.6) is 0 Å². The first-order valence-corrected chi connectivity index (χ1v) is 7.43. The van der Waals surface area contributed by atoms with E-state index in [4.69, 9.17) is 0 Å². The highest BCUT2D eigenvalue weighted by molar-refractivity contribution is 6.07. The van der Waals surface area contributed by atoms with Gasteiger partial charge in [0.2, 0.25) is 0 Å². The SMILES string of the molecule is Cc1ccn2c(=O)c(NC(=O)c3ccccc3[N+](=O)[O-])c(C)nc2c1. The van der Waals surface area contributed by atoms with Crippen molar-refractivity contribution in [1.29, 1.82) is 0 Å². The average molecular weight is 338 g/mol. The Morgan fingerprint density at radius 3 is 2.68 bits per heavy atom. The van der Waals surface area contributed by atoms with Crippen molar-refractivity contribution in [2.45, 2.75) is 13.8 Å². The Balaban J connectivity index is 2.07. The molecule has 0 saturated heterocycles. The Hall–Kier alpha value is -3.55. The van der Waals surface area contributed by atoms with Gasteiger partial charge < -0.3 is 5.32 Å². The molecule has 2 aromatic heterocycles. The van der Waals surface area contributed by atoms with E-state index < -0.39 is 16.4 Å². The number of amides is 1. The van der Waals surface area contributed by atoms with Gasteiger partial charge in [-0.25, -0.2) is 4.98 Å². The van der Waals surface area contributed by atoms with Gasteiger partial charge in [-0.05, 0) is 37.6 Å². The Bertz CT molecular complexity index is 1070. The molecular formula is C17H14N4O4. The minimum Gasteiger partial charge on any atom is -0.316 e. The monoisotopic (exact) mass is 338 g/mol. The van der Waals surface area contributed by atoms with Gasteiger partial charge in [0.25, 0.3) is 17.2 Å². The second-order valence-corrected chi connectivity index (χ2v) is 5.54. The molecule has 0 radical (unpaired) electrons. The van der Waals surface area contributed by atoms with E-state index in [1.165, 1.54) is 28.7 Å². The van der Waals surface area contributed by atoms with E-state index in [0.29, 0.717) is 11.3 Å². The van der Waals surface area contributed by atoms with Crippen molar-refractivity contribution in [1.82, 2.24) is 9.38 Å². The third-order valence-corrected chi connectivity index (χ3v) is 3.75. The number of carbonyl (C=O) groups excluding carboxylic acids is 1. The summed E-state index contributed by atoms with van der Waals surface area (Å²) in [5, 5.41) is 13.5. The van der Waals surface area contributed by atoms with Crippen LogP contribution in [0.1, 0.15) is 21.6 Å². The number of nitro benzene ring substituents is 1. The first-order valence-electron chi connectivity index (χ1n) is 7.43. The number of carbonyl (C=O) groups is 1. The van der Waals surface area contributed by atoms with Crippen LogP contribution in [0.15, 0.2) is 47.4 Å². The van der Waals surface area contributed by atoms with Crippen LogP contribution >= 0.6 is 0 Å². The number of hydrogen-bond acceptors (Lipinski definition) is 5.